The van der Waals surface area contributed by atoms with E-state index in [1.807, 2.05) is 22.9 Å². The largest absolute Gasteiger partial charge is 1.00 e. The van der Waals surface area contributed by atoms with Crippen LogP contribution in [0, 0.1) is 0 Å². The maximum Gasteiger partial charge on any atom is 0.349 e. The molecule has 146 valence electrons. The summed E-state index contributed by atoms with van der Waals surface area (Å²) >= 11 is 2.74. The average molecular weight is 472 g/mol. The van der Waals surface area contributed by atoms with Crippen LogP contribution in [0.2, 0.25) is 0 Å². The second-order valence-corrected chi connectivity index (χ2v) is 9.89. The number of morpholine rings is 1. The first-order valence-electron chi connectivity index (χ1n) is 8.92. The van der Waals surface area contributed by atoms with Crippen LogP contribution in [0.5, 0.6) is 0 Å². The fourth-order valence-electron chi connectivity index (χ4n) is 4.83. The number of hydrogen-bond donors (Lipinski definition) is 1. The highest BCUT2D eigenvalue weighted by Gasteiger charge is 2.71. The molecule has 27 heavy (non-hydrogen) atoms. The van der Waals surface area contributed by atoms with Crippen LogP contribution in [0.3, 0.4) is 0 Å². The number of epoxide rings is 1. The van der Waals surface area contributed by atoms with Gasteiger partial charge in [0.2, 0.25) is 5.60 Å². The smallest absolute Gasteiger partial charge is 0.349 e. The predicted octanol–water partition coefficient (Wildman–Crippen LogP) is -0.650. The lowest BCUT2D eigenvalue weighted by molar-refractivity contribution is -0.938. The number of likely N-dealkylation sites (N-methyl/N-ethyl adjacent to an activating group) is 1. The summed E-state index contributed by atoms with van der Waals surface area (Å²) in [5.41, 5.74) is -1.72. The molecule has 0 aromatic carbocycles. The quantitative estimate of drug-likeness (QED) is 0.365. The number of carbonyl (C=O) groups is 1. The molecule has 0 radical (unpaired) electrons. The predicted molar refractivity (Wildman–Crippen MR) is 99.1 cm³/mol. The van der Waals surface area contributed by atoms with Gasteiger partial charge in [0.05, 0.1) is 23.8 Å². The zero-order valence-electron chi connectivity index (χ0n) is 15.1. The minimum atomic E-state index is -1.72. The van der Waals surface area contributed by atoms with Crippen molar-refractivity contribution in [2.24, 2.45) is 0 Å². The van der Waals surface area contributed by atoms with Crippen molar-refractivity contribution in [1.29, 1.82) is 0 Å². The lowest BCUT2D eigenvalue weighted by atomic mass is 9.95. The number of ether oxygens (including phenoxy) is 2. The lowest BCUT2D eigenvalue weighted by Crippen LogP contribution is -3.00. The Morgan fingerprint density at radius 2 is 1.67 bits per heavy atom. The topological polar surface area (TPSA) is 59.1 Å². The molecule has 3 aliphatic heterocycles. The van der Waals surface area contributed by atoms with E-state index >= 15 is 0 Å². The molecule has 5 nitrogen and oxygen atoms in total. The van der Waals surface area contributed by atoms with Gasteiger partial charge in [0.15, 0.2) is 0 Å². The van der Waals surface area contributed by atoms with E-state index in [0.29, 0.717) is 34.0 Å². The molecule has 3 fully saturated rings. The van der Waals surface area contributed by atoms with E-state index in [1.165, 1.54) is 22.7 Å². The molecule has 5 atom stereocenters. The molecule has 0 amide bonds. The second kappa shape index (κ2) is 6.64. The first-order valence-corrected chi connectivity index (χ1v) is 10.7. The third-order valence-corrected chi connectivity index (χ3v) is 8.32. The van der Waals surface area contributed by atoms with Crippen LogP contribution in [-0.4, -0.2) is 60.0 Å². The molecule has 8 heteroatoms. The maximum absolute atomic E-state index is 13.1. The minimum absolute atomic E-state index is 0. The van der Waals surface area contributed by atoms with Crippen LogP contribution in [-0.2, 0) is 19.9 Å². The van der Waals surface area contributed by atoms with Crippen LogP contribution in [0.1, 0.15) is 22.6 Å². The normalized spacial score (nSPS) is 33.1. The van der Waals surface area contributed by atoms with Crippen molar-refractivity contribution in [3.63, 3.8) is 0 Å². The molecule has 0 unspecified atom stereocenters. The van der Waals surface area contributed by atoms with Gasteiger partial charge in [0, 0.05) is 12.8 Å². The Kier molecular flexibility index (Phi) is 4.81. The standard InChI is InChI=1S/C19H22NO4S2.BrH/c1-20(2)12-9-11(10-13(20)17-16(12)24-17)23-18(21)19(22,14-5-3-7-25-14)15-6-4-8-26-15;/h3-8,11-13,16-17,22H,9-10H2,1-2H3;1H/q+1;/p-1/t11-,12+,13-,16+,17-;. The van der Waals surface area contributed by atoms with Gasteiger partial charge in [-0.15, -0.1) is 22.7 Å². The molecule has 2 aromatic rings. The van der Waals surface area contributed by atoms with Gasteiger partial charge in [-0.25, -0.2) is 4.79 Å². The number of carbonyl (C=O) groups excluding carboxylic acids is 1. The monoisotopic (exact) mass is 471 g/mol. The summed E-state index contributed by atoms with van der Waals surface area (Å²) in [6.07, 6.45) is 2.05. The van der Waals surface area contributed by atoms with Gasteiger partial charge in [-0.3, -0.25) is 0 Å². The van der Waals surface area contributed by atoms with E-state index in [4.69, 9.17) is 9.47 Å². The molecule has 2 bridgehead atoms. The van der Waals surface area contributed by atoms with Gasteiger partial charge in [-0.05, 0) is 22.9 Å². The molecular weight excluding hydrogens is 450 g/mol. The van der Waals surface area contributed by atoms with Gasteiger partial charge < -0.3 is 36.0 Å². The van der Waals surface area contributed by atoms with Gasteiger partial charge in [-0.2, -0.15) is 0 Å². The summed E-state index contributed by atoms with van der Waals surface area (Å²) in [6, 6.07) is 8.01. The first kappa shape index (κ1) is 19.5. The van der Waals surface area contributed by atoms with Crippen LogP contribution in [0.4, 0.5) is 0 Å². The SMILES string of the molecule is C[N+]1(C)[C@@H]2C[C@H](OC(=O)C(O)(c3cccs3)c3cccs3)C[C@H]1[C@@H]1O[C@@H]12.[Br-]. The molecule has 0 aliphatic carbocycles. The molecule has 2 aromatic heterocycles. The second-order valence-electron chi connectivity index (χ2n) is 7.99. The van der Waals surface area contributed by atoms with Gasteiger partial charge >= 0.3 is 5.97 Å². The average Bonchev–Trinajstić information content (AvgIpc) is 2.98. The molecular formula is C19H22BrNO4S2. The summed E-state index contributed by atoms with van der Waals surface area (Å²) in [4.78, 5) is 14.3. The molecule has 0 saturated carbocycles. The fourth-order valence-corrected chi connectivity index (χ4v) is 6.54. The summed E-state index contributed by atoms with van der Waals surface area (Å²) in [6.45, 7) is 0. The number of hydrogen-bond acceptors (Lipinski definition) is 6. The van der Waals surface area contributed by atoms with E-state index < -0.39 is 11.6 Å². The van der Waals surface area contributed by atoms with Crippen molar-refractivity contribution in [2.45, 2.75) is 48.8 Å². The number of rotatable bonds is 4. The number of esters is 1. The van der Waals surface area contributed by atoms with E-state index in [2.05, 4.69) is 14.1 Å². The Morgan fingerprint density at radius 3 is 2.11 bits per heavy atom. The highest BCUT2D eigenvalue weighted by molar-refractivity contribution is 7.12. The fraction of sp³-hybridized carbons (Fsp3) is 0.526. The highest BCUT2D eigenvalue weighted by atomic mass is 79.9. The third-order valence-electron chi connectivity index (χ3n) is 6.36. The Balaban J connectivity index is 0.00000180. The lowest BCUT2D eigenvalue weighted by Gasteiger charge is -2.45. The van der Waals surface area contributed by atoms with E-state index in [1.54, 1.807) is 12.1 Å². The van der Waals surface area contributed by atoms with E-state index in [0.717, 1.165) is 17.3 Å². The Morgan fingerprint density at radius 1 is 1.15 bits per heavy atom. The first-order chi connectivity index (χ1) is 12.4. The number of aliphatic hydroxyl groups is 1. The van der Waals surface area contributed by atoms with Gasteiger partial charge in [0.1, 0.15) is 30.4 Å². The summed E-state index contributed by atoms with van der Waals surface area (Å²) < 4.78 is 12.6. The van der Waals surface area contributed by atoms with E-state index in [-0.39, 0.29) is 23.1 Å². The summed E-state index contributed by atoms with van der Waals surface area (Å²) in [7, 11) is 4.49. The summed E-state index contributed by atoms with van der Waals surface area (Å²) in [5, 5.41) is 15.1. The Bertz CT molecular complexity index is 769. The van der Waals surface area contributed by atoms with Crippen molar-refractivity contribution in [3.05, 3.63) is 44.8 Å². The van der Waals surface area contributed by atoms with Crippen molar-refractivity contribution in [1.82, 2.24) is 0 Å². The molecule has 5 rings (SSSR count). The molecule has 5 heterocycles. The van der Waals surface area contributed by atoms with Crippen molar-refractivity contribution in [2.75, 3.05) is 14.1 Å². The molecule has 3 aliphatic rings. The van der Waals surface area contributed by atoms with Crippen LogP contribution >= 0.6 is 22.7 Å². The maximum atomic E-state index is 13.1. The zero-order valence-corrected chi connectivity index (χ0v) is 18.3. The number of halogens is 1. The number of piperidine rings is 1. The number of quaternary nitrogens is 1. The third kappa shape index (κ3) is 2.84. The van der Waals surface area contributed by atoms with Crippen molar-refractivity contribution in [3.8, 4) is 0 Å². The highest BCUT2D eigenvalue weighted by Crippen LogP contribution is 2.52. The van der Waals surface area contributed by atoms with Gasteiger partial charge in [0.25, 0.3) is 0 Å². The number of nitrogens with zero attached hydrogens (tertiary/aromatic N) is 1. The molecule has 0 spiro atoms. The number of thiophene rings is 2. The minimum Gasteiger partial charge on any atom is -1.00 e. The van der Waals surface area contributed by atoms with Crippen LogP contribution in [0.25, 0.3) is 0 Å². The molecule has 1 N–H and O–H groups in total. The Hall–Kier alpha value is -0.770. The zero-order chi connectivity index (χ0) is 18.1. The van der Waals surface area contributed by atoms with Crippen molar-refractivity contribution >= 4 is 28.6 Å². The van der Waals surface area contributed by atoms with Crippen LogP contribution in [0.15, 0.2) is 35.0 Å². The summed E-state index contributed by atoms with van der Waals surface area (Å²) in [5.74, 6) is -0.561. The number of fused-ring (bicyclic) bond motifs is 5. The van der Waals surface area contributed by atoms with Crippen LogP contribution < -0.4 is 17.0 Å². The Labute approximate surface area is 176 Å². The molecule has 3 saturated heterocycles. The van der Waals surface area contributed by atoms with Gasteiger partial charge in [-0.1, -0.05) is 12.1 Å². The van der Waals surface area contributed by atoms with Crippen molar-refractivity contribution < 1.29 is 40.8 Å². The van der Waals surface area contributed by atoms with E-state index in [9.17, 15) is 9.90 Å².